The van der Waals surface area contributed by atoms with Gasteiger partial charge in [-0.15, -0.1) is 0 Å². The molecule has 1 fully saturated rings. The van der Waals surface area contributed by atoms with Crippen LogP contribution < -0.4 is 26.2 Å². The largest absolute Gasteiger partial charge is 0.335 e. The van der Waals surface area contributed by atoms with Crippen LogP contribution in [-0.4, -0.2) is 12.3 Å². The molecule has 0 aromatic heterocycles. The summed E-state index contributed by atoms with van der Waals surface area (Å²) in [6.07, 6.45) is 5.05. The predicted molar refractivity (Wildman–Crippen MR) is 216 cm³/mol. The van der Waals surface area contributed by atoms with E-state index in [0.29, 0.717) is 0 Å². The van der Waals surface area contributed by atoms with E-state index >= 15 is 0 Å². The first-order valence-electron chi connectivity index (χ1n) is 19.0. The van der Waals surface area contributed by atoms with Crippen LogP contribution >= 0.6 is 0 Å². The molecule has 5 aromatic rings. The Balaban J connectivity index is 1.40. The second-order valence-corrected chi connectivity index (χ2v) is 18.2. The molecule has 2 atom stereocenters. The third-order valence-corrected chi connectivity index (χ3v) is 13.2. The van der Waals surface area contributed by atoms with E-state index in [4.69, 9.17) is 0 Å². The maximum absolute atomic E-state index is 2.84. The minimum absolute atomic E-state index is 0.0212. The van der Waals surface area contributed by atoms with Crippen LogP contribution in [0.25, 0.3) is 11.1 Å². The van der Waals surface area contributed by atoms with Crippen molar-refractivity contribution in [2.24, 2.45) is 0 Å². The fourth-order valence-electron chi connectivity index (χ4n) is 10.2. The molecule has 252 valence electrons. The van der Waals surface area contributed by atoms with E-state index in [1.165, 1.54) is 98.3 Å². The average molecular weight is 655 g/mol. The molecule has 3 heteroatoms. The summed E-state index contributed by atoms with van der Waals surface area (Å²) in [5, 5.41) is 0. The van der Waals surface area contributed by atoms with Gasteiger partial charge < -0.3 is 9.80 Å². The van der Waals surface area contributed by atoms with Gasteiger partial charge in [0.05, 0.1) is 11.2 Å². The zero-order chi connectivity index (χ0) is 35.0. The third-order valence-electron chi connectivity index (χ3n) is 13.2. The third kappa shape index (κ3) is 4.22. The molecule has 0 N–H and O–H groups in total. The number of nitrogens with zero attached hydrogens (tertiary/aromatic N) is 2. The predicted octanol–water partition coefficient (Wildman–Crippen LogP) is 10.6. The van der Waals surface area contributed by atoms with Crippen LogP contribution in [0.3, 0.4) is 0 Å². The number of aryl methyl sites for hydroxylation is 1. The molecule has 5 aromatic carbocycles. The molecule has 0 saturated heterocycles. The summed E-state index contributed by atoms with van der Waals surface area (Å²) < 4.78 is 0. The quantitative estimate of drug-likeness (QED) is 0.172. The lowest BCUT2D eigenvalue weighted by Crippen LogP contribution is -2.64. The van der Waals surface area contributed by atoms with E-state index in [0.717, 1.165) is 0 Å². The van der Waals surface area contributed by atoms with Crippen molar-refractivity contribution in [3.63, 3.8) is 0 Å². The van der Waals surface area contributed by atoms with E-state index in [-0.39, 0.29) is 28.5 Å². The van der Waals surface area contributed by atoms with Crippen LogP contribution in [0.1, 0.15) is 103 Å². The smallest absolute Gasteiger partial charge is 0.252 e. The summed E-state index contributed by atoms with van der Waals surface area (Å²) in [5.74, 6) is 0. The summed E-state index contributed by atoms with van der Waals surface area (Å²) >= 11 is 0. The van der Waals surface area contributed by atoms with Crippen LogP contribution in [0, 0.1) is 6.92 Å². The molecule has 0 amide bonds. The lowest BCUT2D eigenvalue weighted by atomic mass is 9.33. The highest BCUT2D eigenvalue weighted by Gasteiger charge is 2.61. The van der Waals surface area contributed by atoms with Gasteiger partial charge in [0.1, 0.15) is 0 Å². The van der Waals surface area contributed by atoms with Gasteiger partial charge >= 0.3 is 0 Å². The molecule has 0 radical (unpaired) electrons. The van der Waals surface area contributed by atoms with E-state index in [9.17, 15) is 0 Å². The zero-order valence-corrected chi connectivity index (χ0v) is 31.5. The Morgan fingerprint density at radius 3 is 2.04 bits per heavy atom. The minimum Gasteiger partial charge on any atom is -0.335 e. The molecule has 2 unspecified atom stereocenters. The van der Waals surface area contributed by atoms with Crippen molar-refractivity contribution in [1.29, 1.82) is 0 Å². The SMILES string of the molecule is Cc1cc2c3c(c1)N1c4c(cccc4C4(C)CCCCC14C)B3c1ccc(C(C)(C)C)cc1N2c1ccc(C(C)(C)C)cc1-c1ccccc1. The molecular weight excluding hydrogens is 603 g/mol. The highest BCUT2D eigenvalue weighted by Crippen LogP contribution is 2.61. The maximum atomic E-state index is 2.84. The number of hydrogen-bond donors (Lipinski definition) is 0. The first-order chi connectivity index (χ1) is 23.7. The number of rotatable bonds is 2. The van der Waals surface area contributed by atoms with Crippen LogP contribution in [0.15, 0.2) is 97.1 Å². The second-order valence-electron chi connectivity index (χ2n) is 18.2. The molecule has 0 spiro atoms. The van der Waals surface area contributed by atoms with Crippen molar-refractivity contribution in [1.82, 2.24) is 0 Å². The highest BCUT2D eigenvalue weighted by molar-refractivity contribution is 7.00. The van der Waals surface area contributed by atoms with Crippen LogP contribution in [-0.2, 0) is 16.2 Å². The lowest BCUT2D eigenvalue weighted by Gasteiger charge is -2.53. The molecule has 50 heavy (non-hydrogen) atoms. The maximum Gasteiger partial charge on any atom is 0.252 e. The number of benzene rings is 5. The van der Waals surface area contributed by atoms with E-state index in [1.54, 1.807) is 5.56 Å². The van der Waals surface area contributed by atoms with Gasteiger partial charge in [0.2, 0.25) is 0 Å². The van der Waals surface area contributed by atoms with Gasteiger partial charge in [-0.2, -0.15) is 0 Å². The van der Waals surface area contributed by atoms with Gasteiger partial charge in [0.15, 0.2) is 0 Å². The molecule has 3 aliphatic heterocycles. The summed E-state index contributed by atoms with van der Waals surface area (Å²) in [6, 6.07) is 38.0. The number of hydrogen-bond acceptors (Lipinski definition) is 2. The molecular formula is C47H51BN2. The van der Waals surface area contributed by atoms with Crippen molar-refractivity contribution in [3.05, 3.63) is 119 Å². The summed E-state index contributed by atoms with van der Waals surface area (Å²) in [5.41, 5.74) is 19.5. The number of para-hydroxylation sites is 1. The molecule has 1 saturated carbocycles. The Labute approximate surface area is 300 Å². The second kappa shape index (κ2) is 10.4. The number of fused-ring (bicyclic) bond motifs is 7. The lowest BCUT2D eigenvalue weighted by molar-refractivity contribution is 0.195. The van der Waals surface area contributed by atoms with Crippen molar-refractivity contribution < 1.29 is 0 Å². The van der Waals surface area contributed by atoms with E-state index in [1.807, 2.05) is 0 Å². The van der Waals surface area contributed by atoms with Gasteiger partial charge in [-0.1, -0.05) is 128 Å². The van der Waals surface area contributed by atoms with Gasteiger partial charge in [0.25, 0.3) is 6.71 Å². The first-order valence-corrected chi connectivity index (χ1v) is 19.0. The summed E-state index contributed by atoms with van der Waals surface area (Å²) in [6.45, 7) is 21.6. The molecule has 9 rings (SSSR count). The normalized spacial score (nSPS) is 21.8. The Hall–Kier alpha value is -4.24. The van der Waals surface area contributed by atoms with Crippen LogP contribution in [0.4, 0.5) is 28.4 Å². The van der Waals surface area contributed by atoms with E-state index in [2.05, 4.69) is 169 Å². The van der Waals surface area contributed by atoms with Crippen LogP contribution in [0.2, 0.25) is 0 Å². The van der Waals surface area contributed by atoms with E-state index < -0.39 is 0 Å². The van der Waals surface area contributed by atoms with Crippen LogP contribution in [0.5, 0.6) is 0 Å². The topological polar surface area (TPSA) is 6.48 Å². The minimum atomic E-state index is 0.0212. The molecule has 3 heterocycles. The van der Waals surface area contributed by atoms with Gasteiger partial charge in [-0.25, -0.2) is 0 Å². The standard InChI is InChI=1S/C47H51BN2/c1-30-26-40-42-41(27-30)50-43-35(46(8)24-13-14-25-47(46,50)9)18-15-19-37(43)48(42)36-22-20-33(45(5,6)7)29-39(36)49(40)38-23-21-32(44(2,3)4)28-34(38)31-16-11-10-12-17-31/h10-12,15-23,26-29H,13-14,24-25H2,1-9H3. The fraction of sp³-hybridized carbons (Fsp3) is 0.362. The summed E-state index contributed by atoms with van der Waals surface area (Å²) in [4.78, 5) is 5.49. The van der Waals surface area contributed by atoms with Gasteiger partial charge in [-0.3, -0.25) is 0 Å². The molecule has 4 aliphatic rings. The zero-order valence-electron chi connectivity index (χ0n) is 31.5. The monoisotopic (exact) mass is 654 g/mol. The number of anilines is 5. The Morgan fingerprint density at radius 1 is 0.620 bits per heavy atom. The Bertz CT molecular complexity index is 2200. The van der Waals surface area contributed by atoms with Crippen molar-refractivity contribution in [3.8, 4) is 11.1 Å². The van der Waals surface area contributed by atoms with Crippen molar-refractivity contribution in [2.75, 3.05) is 9.80 Å². The Kier molecular flexibility index (Phi) is 6.60. The fourth-order valence-corrected chi connectivity index (χ4v) is 10.2. The molecule has 1 aliphatic carbocycles. The van der Waals surface area contributed by atoms with Gasteiger partial charge in [-0.05, 0) is 112 Å². The van der Waals surface area contributed by atoms with Crippen molar-refractivity contribution >= 4 is 51.5 Å². The first kappa shape index (κ1) is 31.7. The van der Waals surface area contributed by atoms with Gasteiger partial charge in [0, 0.05) is 33.7 Å². The molecule has 2 nitrogen and oxygen atoms in total. The molecule has 0 bridgehead atoms. The van der Waals surface area contributed by atoms with Crippen molar-refractivity contribution in [2.45, 2.75) is 110 Å². The summed E-state index contributed by atoms with van der Waals surface area (Å²) in [7, 11) is 0. The highest BCUT2D eigenvalue weighted by atomic mass is 15.3. The average Bonchev–Trinajstić information content (AvgIpc) is 3.29. The Morgan fingerprint density at radius 2 is 1.30 bits per heavy atom.